The Labute approximate surface area is 133 Å². The summed E-state index contributed by atoms with van der Waals surface area (Å²) in [5.74, 6) is -1.03. The van der Waals surface area contributed by atoms with E-state index in [1.54, 1.807) is 6.92 Å². The topological polar surface area (TPSA) is 79.3 Å². The van der Waals surface area contributed by atoms with Gasteiger partial charge in [0.15, 0.2) is 0 Å². The summed E-state index contributed by atoms with van der Waals surface area (Å²) in [5.41, 5.74) is 2.58. The van der Waals surface area contributed by atoms with E-state index < -0.39 is 5.97 Å². The normalized spacial score (nSPS) is 10.5. The zero-order chi connectivity index (χ0) is 16.1. The number of carbonyl (C=O) groups excluding carboxylic acids is 1. The number of carboxylic acids is 1. The third-order valence-corrected chi connectivity index (χ3v) is 4.39. The Morgan fingerprint density at radius 1 is 1.27 bits per heavy atom. The van der Waals surface area contributed by atoms with Crippen LogP contribution in [0.15, 0.2) is 24.3 Å². The highest BCUT2D eigenvalue weighted by Crippen LogP contribution is 2.20. The molecule has 1 aromatic heterocycles. The maximum Gasteiger partial charge on any atom is 0.308 e. The van der Waals surface area contributed by atoms with Gasteiger partial charge in [0.1, 0.15) is 5.01 Å². The van der Waals surface area contributed by atoms with Crippen LogP contribution >= 0.6 is 11.3 Å². The van der Waals surface area contributed by atoms with E-state index in [1.807, 2.05) is 31.2 Å². The van der Waals surface area contributed by atoms with Crippen LogP contribution in [0.25, 0.3) is 0 Å². The van der Waals surface area contributed by atoms with Crippen molar-refractivity contribution >= 4 is 28.9 Å². The SMILES string of the molecule is CCc1ccccc1NC(=O)Cc1nc(C)c(CC(=O)O)s1. The fourth-order valence-electron chi connectivity index (χ4n) is 2.15. The number of amides is 1. The van der Waals surface area contributed by atoms with Crippen molar-refractivity contribution in [2.45, 2.75) is 33.1 Å². The molecule has 2 aromatic rings. The molecule has 22 heavy (non-hydrogen) atoms. The van der Waals surface area contributed by atoms with Crippen LogP contribution in [-0.2, 0) is 28.9 Å². The highest BCUT2D eigenvalue weighted by Gasteiger charge is 2.14. The maximum atomic E-state index is 12.1. The summed E-state index contributed by atoms with van der Waals surface area (Å²) >= 11 is 1.28. The Bertz CT molecular complexity index is 694. The monoisotopic (exact) mass is 318 g/mol. The number of nitrogens with one attached hydrogen (secondary N) is 1. The lowest BCUT2D eigenvalue weighted by Crippen LogP contribution is -2.15. The number of aliphatic carboxylic acids is 1. The number of hydrogen-bond donors (Lipinski definition) is 2. The molecule has 0 bridgehead atoms. The molecule has 1 amide bonds. The summed E-state index contributed by atoms with van der Waals surface area (Å²) in [5, 5.41) is 12.4. The molecular formula is C16H18N2O3S. The van der Waals surface area contributed by atoms with Crippen LogP contribution in [0.4, 0.5) is 5.69 Å². The Kier molecular flexibility index (Phi) is 5.27. The number of thiazole rings is 1. The van der Waals surface area contributed by atoms with E-state index in [4.69, 9.17) is 5.11 Å². The Hall–Kier alpha value is -2.21. The number of nitrogens with zero attached hydrogens (tertiary/aromatic N) is 1. The van der Waals surface area contributed by atoms with Crippen LogP contribution in [0.3, 0.4) is 0 Å². The van der Waals surface area contributed by atoms with Crippen molar-refractivity contribution in [2.75, 3.05) is 5.32 Å². The molecule has 0 atom stereocenters. The molecule has 0 spiro atoms. The molecule has 1 aromatic carbocycles. The predicted octanol–water partition coefficient (Wildman–Crippen LogP) is 2.82. The van der Waals surface area contributed by atoms with E-state index in [0.717, 1.165) is 17.7 Å². The van der Waals surface area contributed by atoms with Crippen molar-refractivity contribution < 1.29 is 14.7 Å². The van der Waals surface area contributed by atoms with Crippen molar-refractivity contribution in [2.24, 2.45) is 0 Å². The van der Waals surface area contributed by atoms with Crippen LogP contribution in [0.1, 0.15) is 28.1 Å². The number of benzene rings is 1. The standard InChI is InChI=1S/C16H18N2O3S/c1-3-11-6-4-5-7-12(11)18-14(19)9-15-17-10(2)13(22-15)8-16(20)21/h4-7H,3,8-9H2,1-2H3,(H,18,19)(H,20,21). The van der Waals surface area contributed by atoms with Gasteiger partial charge >= 0.3 is 5.97 Å². The molecule has 2 N–H and O–H groups in total. The second kappa shape index (κ2) is 7.17. The summed E-state index contributed by atoms with van der Waals surface area (Å²) in [6, 6.07) is 7.68. The first-order valence-electron chi connectivity index (χ1n) is 7.04. The highest BCUT2D eigenvalue weighted by molar-refractivity contribution is 7.12. The minimum atomic E-state index is -0.889. The van der Waals surface area contributed by atoms with Crippen molar-refractivity contribution in [3.63, 3.8) is 0 Å². The van der Waals surface area contributed by atoms with Gasteiger partial charge in [0, 0.05) is 10.6 Å². The fraction of sp³-hybridized carbons (Fsp3) is 0.312. The molecule has 0 radical (unpaired) electrons. The van der Waals surface area contributed by atoms with Gasteiger partial charge in [0.25, 0.3) is 0 Å². The Balaban J connectivity index is 2.04. The average Bonchev–Trinajstić information content (AvgIpc) is 2.78. The van der Waals surface area contributed by atoms with Gasteiger partial charge in [-0.1, -0.05) is 25.1 Å². The number of carboxylic acid groups (broad SMARTS) is 1. The van der Waals surface area contributed by atoms with Gasteiger partial charge in [-0.05, 0) is 25.0 Å². The molecule has 0 unspecified atom stereocenters. The van der Waals surface area contributed by atoms with Gasteiger partial charge < -0.3 is 10.4 Å². The van der Waals surface area contributed by atoms with Crippen molar-refractivity contribution in [1.29, 1.82) is 0 Å². The van der Waals surface area contributed by atoms with Crippen molar-refractivity contribution in [3.05, 3.63) is 45.4 Å². The van der Waals surface area contributed by atoms with E-state index in [2.05, 4.69) is 10.3 Å². The van der Waals surface area contributed by atoms with Crippen LogP contribution in [0.2, 0.25) is 0 Å². The first-order chi connectivity index (χ1) is 10.5. The minimum Gasteiger partial charge on any atom is -0.481 e. The van der Waals surface area contributed by atoms with Gasteiger partial charge in [-0.2, -0.15) is 0 Å². The third-order valence-electron chi connectivity index (χ3n) is 3.23. The van der Waals surface area contributed by atoms with Crippen LogP contribution in [0, 0.1) is 6.92 Å². The first kappa shape index (κ1) is 16.2. The summed E-state index contributed by atoms with van der Waals surface area (Å²) in [7, 11) is 0. The van der Waals surface area contributed by atoms with E-state index >= 15 is 0 Å². The lowest BCUT2D eigenvalue weighted by Gasteiger charge is -2.08. The summed E-state index contributed by atoms with van der Waals surface area (Å²) < 4.78 is 0. The maximum absolute atomic E-state index is 12.1. The van der Waals surface area contributed by atoms with Crippen LogP contribution in [-0.4, -0.2) is 22.0 Å². The Morgan fingerprint density at radius 3 is 2.68 bits per heavy atom. The van der Waals surface area contributed by atoms with Crippen LogP contribution in [0.5, 0.6) is 0 Å². The van der Waals surface area contributed by atoms with E-state index in [9.17, 15) is 9.59 Å². The van der Waals surface area contributed by atoms with Gasteiger partial charge in [-0.15, -0.1) is 11.3 Å². The molecule has 1 heterocycles. The van der Waals surface area contributed by atoms with E-state index in [0.29, 0.717) is 15.6 Å². The number of para-hydroxylation sites is 1. The number of aryl methyl sites for hydroxylation is 2. The number of rotatable bonds is 6. The van der Waals surface area contributed by atoms with E-state index in [-0.39, 0.29) is 18.7 Å². The zero-order valence-corrected chi connectivity index (χ0v) is 13.4. The summed E-state index contributed by atoms with van der Waals surface area (Å²) in [6.07, 6.45) is 0.947. The van der Waals surface area contributed by atoms with Gasteiger partial charge in [-0.25, -0.2) is 4.98 Å². The molecular weight excluding hydrogens is 300 g/mol. The second-order valence-corrected chi connectivity index (χ2v) is 6.09. The number of aromatic nitrogens is 1. The molecule has 116 valence electrons. The molecule has 0 aliphatic heterocycles. The van der Waals surface area contributed by atoms with Gasteiger partial charge in [0.05, 0.1) is 18.5 Å². The quantitative estimate of drug-likeness (QED) is 0.858. The lowest BCUT2D eigenvalue weighted by atomic mass is 10.1. The third kappa shape index (κ3) is 4.14. The van der Waals surface area contributed by atoms with Crippen molar-refractivity contribution in [3.8, 4) is 0 Å². The number of anilines is 1. The zero-order valence-electron chi connectivity index (χ0n) is 12.5. The second-order valence-electron chi connectivity index (χ2n) is 4.92. The molecule has 5 nitrogen and oxygen atoms in total. The van der Waals surface area contributed by atoms with E-state index in [1.165, 1.54) is 11.3 Å². The molecule has 0 saturated carbocycles. The highest BCUT2D eigenvalue weighted by atomic mass is 32.1. The first-order valence-corrected chi connectivity index (χ1v) is 7.86. The van der Waals surface area contributed by atoms with Crippen molar-refractivity contribution in [1.82, 2.24) is 4.98 Å². The predicted molar refractivity (Wildman–Crippen MR) is 86.3 cm³/mol. The lowest BCUT2D eigenvalue weighted by molar-refractivity contribution is -0.136. The molecule has 0 aliphatic carbocycles. The molecule has 0 fully saturated rings. The number of hydrogen-bond acceptors (Lipinski definition) is 4. The smallest absolute Gasteiger partial charge is 0.308 e. The largest absolute Gasteiger partial charge is 0.481 e. The van der Waals surface area contributed by atoms with Gasteiger partial charge in [-0.3, -0.25) is 9.59 Å². The minimum absolute atomic E-state index is 0.0518. The average molecular weight is 318 g/mol. The molecule has 6 heteroatoms. The summed E-state index contributed by atoms with van der Waals surface area (Å²) in [6.45, 7) is 3.80. The summed E-state index contributed by atoms with van der Waals surface area (Å²) in [4.78, 5) is 27.9. The van der Waals surface area contributed by atoms with Crippen LogP contribution < -0.4 is 5.32 Å². The Morgan fingerprint density at radius 2 is 2.00 bits per heavy atom. The fourth-order valence-corrected chi connectivity index (χ4v) is 3.21. The molecule has 0 aliphatic rings. The molecule has 2 rings (SSSR count). The molecule has 0 saturated heterocycles. The van der Waals surface area contributed by atoms with Gasteiger partial charge in [0.2, 0.25) is 5.91 Å². The number of carbonyl (C=O) groups is 2.